The molecule has 2 aromatic rings. The van der Waals surface area contributed by atoms with Crippen molar-refractivity contribution < 1.29 is 4.74 Å². The van der Waals surface area contributed by atoms with E-state index in [1.54, 1.807) is 12.4 Å². The third kappa shape index (κ3) is 2.24. The lowest BCUT2D eigenvalue weighted by molar-refractivity contribution is 0.0932. The molecule has 0 aromatic carbocycles. The van der Waals surface area contributed by atoms with Gasteiger partial charge in [0.2, 0.25) is 0 Å². The van der Waals surface area contributed by atoms with Crippen molar-refractivity contribution in [2.75, 3.05) is 13.2 Å². The maximum atomic E-state index is 5.42. The average molecular weight is 206 g/mol. The summed E-state index contributed by atoms with van der Waals surface area (Å²) in [5, 5.41) is 8.40. The highest BCUT2D eigenvalue weighted by Crippen LogP contribution is 2.07. The van der Waals surface area contributed by atoms with E-state index in [0.29, 0.717) is 13.2 Å². The van der Waals surface area contributed by atoms with Crippen LogP contribution in [0, 0.1) is 0 Å². The first-order valence-electron chi connectivity index (χ1n) is 4.98. The number of aromatic nitrogens is 4. The molecule has 15 heavy (non-hydrogen) atoms. The Morgan fingerprint density at radius 1 is 1.13 bits per heavy atom. The molecule has 0 saturated carbocycles. The Balaban J connectivity index is 2.17. The molecule has 5 heteroatoms. The van der Waals surface area contributed by atoms with Crippen LogP contribution < -0.4 is 0 Å². The zero-order valence-corrected chi connectivity index (χ0v) is 8.65. The summed E-state index contributed by atoms with van der Waals surface area (Å²) in [6, 6.07) is 3.78. The Hall–Kier alpha value is -1.62. The second kappa shape index (κ2) is 4.75. The third-order valence-corrected chi connectivity index (χ3v) is 2.13. The highest BCUT2D eigenvalue weighted by Gasteiger charge is 2.12. The second-order valence-corrected chi connectivity index (χ2v) is 3.11. The Morgan fingerprint density at radius 2 is 1.73 bits per heavy atom. The van der Waals surface area contributed by atoms with Crippen molar-refractivity contribution in [3.8, 4) is 0 Å². The molecular formula is C10H14N4O. The highest BCUT2D eigenvalue weighted by atomic mass is 16.5. The minimum absolute atomic E-state index is 0.00468. The molecule has 0 unspecified atom stereocenters. The van der Waals surface area contributed by atoms with E-state index in [1.165, 1.54) is 0 Å². The van der Waals surface area contributed by atoms with E-state index in [2.05, 4.69) is 10.2 Å². The number of hydrogen-bond donors (Lipinski definition) is 0. The molecule has 0 spiro atoms. The van der Waals surface area contributed by atoms with Crippen LogP contribution in [0.3, 0.4) is 0 Å². The lowest BCUT2D eigenvalue weighted by Crippen LogP contribution is -2.24. The van der Waals surface area contributed by atoms with Gasteiger partial charge < -0.3 is 4.74 Å². The van der Waals surface area contributed by atoms with Crippen molar-refractivity contribution in [3.63, 3.8) is 0 Å². The molecule has 5 nitrogen and oxygen atoms in total. The second-order valence-electron chi connectivity index (χ2n) is 3.11. The zero-order chi connectivity index (χ0) is 10.5. The summed E-state index contributed by atoms with van der Waals surface area (Å²) < 4.78 is 9.09. The smallest absolute Gasteiger partial charge is 0.166 e. The van der Waals surface area contributed by atoms with Crippen LogP contribution in [0.4, 0.5) is 0 Å². The van der Waals surface area contributed by atoms with Crippen LogP contribution in [0.25, 0.3) is 0 Å². The molecule has 0 atom stereocenters. The van der Waals surface area contributed by atoms with E-state index >= 15 is 0 Å². The van der Waals surface area contributed by atoms with Gasteiger partial charge in [0.15, 0.2) is 6.17 Å². The van der Waals surface area contributed by atoms with Crippen LogP contribution in [0.15, 0.2) is 36.9 Å². The molecule has 2 rings (SSSR count). The van der Waals surface area contributed by atoms with Gasteiger partial charge in [-0.05, 0) is 19.1 Å². The summed E-state index contributed by atoms with van der Waals surface area (Å²) in [5.41, 5.74) is 0. The number of hydrogen-bond acceptors (Lipinski definition) is 3. The molecule has 0 saturated heterocycles. The van der Waals surface area contributed by atoms with Gasteiger partial charge in [0.25, 0.3) is 0 Å². The molecule has 0 radical (unpaired) electrons. The van der Waals surface area contributed by atoms with Gasteiger partial charge in [-0.25, -0.2) is 9.36 Å². The fourth-order valence-corrected chi connectivity index (χ4v) is 1.41. The molecule has 2 heterocycles. The molecule has 0 bridgehead atoms. The lowest BCUT2D eigenvalue weighted by Gasteiger charge is -2.17. The molecule has 0 aliphatic rings. The monoisotopic (exact) mass is 206 g/mol. The first-order valence-corrected chi connectivity index (χ1v) is 4.98. The first kappa shape index (κ1) is 9.92. The number of ether oxygens (including phenoxy) is 1. The van der Waals surface area contributed by atoms with Crippen molar-refractivity contribution in [2.45, 2.75) is 13.1 Å². The molecule has 2 aromatic heterocycles. The highest BCUT2D eigenvalue weighted by molar-refractivity contribution is 4.86. The summed E-state index contributed by atoms with van der Waals surface area (Å²) in [7, 11) is 0. The van der Waals surface area contributed by atoms with Crippen LogP contribution in [-0.4, -0.2) is 32.8 Å². The van der Waals surface area contributed by atoms with Gasteiger partial charge in [-0.15, -0.1) is 0 Å². The van der Waals surface area contributed by atoms with Crippen molar-refractivity contribution in [3.05, 3.63) is 36.9 Å². The average Bonchev–Trinajstić information content (AvgIpc) is 2.90. The topological polar surface area (TPSA) is 44.9 Å². The maximum absolute atomic E-state index is 5.42. The Labute approximate surface area is 88.3 Å². The van der Waals surface area contributed by atoms with Crippen molar-refractivity contribution in [1.82, 2.24) is 19.6 Å². The minimum atomic E-state index is -0.00468. The van der Waals surface area contributed by atoms with E-state index < -0.39 is 0 Å². The Kier molecular flexibility index (Phi) is 3.14. The van der Waals surface area contributed by atoms with E-state index in [0.717, 1.165) is 0 Å². The zero-order valence-electron chi connectivity index (χ0n) is 8.65. The van der Waals surface area contributed by atoms with Gasteiger partial charge in [0.05, 0.1) is 6.61 Å². The van der Waals surface area contributed by atoms with Crippen LogP contribution >= 0.6 is 0 Å². The van der Waals surface area contributed by atoms with E-state index in [-0.39, 0.29) is 6.17 Å². The van der Waals surface area contributed by atoms with E-state index in [1.807, 2.05) is 40.8 Å². The van der Waals surface area contributed by atoms with Crippen molar-refractivity contribution in [1.29, 1.82) is 0 Å². The summed E-state index contributed by atoms with van der Waals surface area (Å²) in [4.78, 5) is 0. The van der Waals surface area contributed by atoms with Crippen LogP contribution in [-0.2, 0) is 4.74 Å². The van der Waals surface area contributed by atoms with Crippen LogP contribution in [0.2, 0.25) is 0 Å². The van der Waals surface area contributed by atoms with Gasteiger partial charge in [-0.1, -0.05) is 0 Å². The lowest BCUT2D eigenvalue weighted by atomic mass is 10.5. The molecule has 0 aliphatic heterocycles. The summed E-state index contributed by atoms with van der Waals surface area (Å²) in [5.74, 6) is 0. The largest absolute Gasteiger partial charge is 0.377 e. The van der Waals surface area contributed by atoms with Gasteiger partial charge in [0, 0.05) is 31.4 Å². The number of nitrogens with zero attached hydrogens (tertiary/aromatic N) is 4. The Bertz CT molecular complexity index is 334. The SMILES string of the molecule is CCOCC(n1cccn1)n1cccn1. The quantitative estimate of drug-likeness (QED) is 0.737. The molecule has 0 N–H and O–H groups in total. The first-order chi connectivity index (χ1) is 7.42. The molecule has 0 aliphatic carbocycles. The fourth-order valence-electron chi connectivity index (χ4n) is 1.41. The van der Waals surface area contributed by atoms with Gasteiger partial charge in [0.1, 0.15) is 0 Å². The van der Waals surface area contributed by atoms with Crippen LogP contribution in [0.5, 0.6) is 0 Å². The normalized spacial score (nSPS) is 11.1. The molecule has 0 amide bonds. The van der Waals surface area contributed by atoms with Crippen molar-refractivity contribution >= 4 is 0 Å². The standard InChI is InChI=1S/C10H14N4O/c1-2-15-9-10(13-7-3-5-11-13)14-8-4-6-12-14/h3-8,10H,2,9H2,1H3. The summed E-state index contributed by atoms with van der Waals surface area (Å²) in [6.45, 7) is 3.24. The fraction of sp³-hybridized carbons (Fsp3) is 0.400. The predicted octanol–water partition coefficient (Wildman–Crippen LogP) is 1.16. The molecule has 0 fully saturated rings. The Morgan fingerprint density at radius 3 is 2.13 bits per heavy atom. The van der Waals surface area contributed by atoms with Gasteiger partial charge in [-0.2, -0.15) is 10.2 Å². The van der Waals surface area contributed by atoms with Crippen LogP contribution in [0.1, 0.15) is 13.1 Å². The molecule has 80 valence electrons. The third-order valence-electron chi connectivity index (χ3n) is 2.13. The maximum Gasteiger partial charge on any atom is 0.166 e. The number of rotatable bonds is 5. The van der Waals surface area contributed by atoms with Gasteiger partial charge >= 0.3 is 0 Å². The summed E-state index contributed by atoms with van der Waals surface area (Å²) >= 11 is 0. The minimum Gasteiger partial charge on any atom is -0.377 e. The summed E-state index contributed by atoms with van der Waals surface area (Å²) in [6.07, 6.45) is 7.32. The van der Waals surface area contributed by atoms with Gasteiger partial charge in [-0.3, -0.25) is 0 Å². The van der Waals surface area contributed by atoms with Crippen molar-refractivity contribution in [2.24, 2.45) is 0 Å². The van der Waals surface area contributed by atoms with E-state index in [4.69, 9.17) is 4.74 Å². The van der Waals surface area contributed by atoms with E-state index in [9.17, 15) is 0 Å². The molecular weight excluding hydrogens is 192 g/mol. The predicted molar refractivity (Wildman–Crippen MR) is 55.4 cm³/mol.